The average molecular weight is 256 g/mol. The molecule has 0 saturated heterocycles. The van der Waals surface area contributed by atoms with Crippen LogP contribution in [0.25, 0.3) is 11.3 Å². The van der Waals surface area contributed by atoms with Crippen LogP contribution in [0.1, 0.15) is 32.3 Å². The van der Waals surface area contributed by atoms with Crippen molar-refractivity contribution in [3.05, 3.63) is 41.9 Å². The lowest BCUT2D eigenvalue weighted by molar-refractivity contribution is 0.415. The predicted octanol–water partition coefficient (Wildman–Crippen LogP) is 3.76. The smallest absolute Gasteiger partial charge is 0.134 e. The molecule has 0 aliphatic rings. The summed E-state index contributed by atoms with van der Waals surface area (Å²) in [5.41, 5.74) is 2.98. The normalized spacial score (nSPS) is 11.4. The van der Waals surface area contributed by atoms with Gasteiger partial charge in [-0.05, 0) is 37.3 Å². The van der Waals surface area contributed by atoms with Gasteiger partial charge in [0.25, 0.3) is 0 Å². The maximum atomic E-state index is 5.17. The SMILES string of the molecule is COc1ccc(-c2cc(C)nc(C(C)(C)C)n2)cc1. The van der Waals surface area contributed by atoms with Crippen LogP contribution in [-0.4, -0.2) is 17.1 Å². The Morgan fingerprint density at radius 3 is 2.16 bits per heavy atom. The number of methoxy groups -OCH3 is 1. The van der Waals surface area contributed by atoms with Crippen molar-refractivity contribution in [1.29, 1.82) is 0 Å². The molecule has 19 heavy (non-hydrogen) atoms. The lowest BCUT2D eigenvalue weighted by atomic mass is 9.95. The molecule has 0 atom stereocenters. The fourth-order valence-electron chi connectivity index (χ4n) is 1.81. The Balaban J connectivity index is 2.46. The second-order valence-corrected chi connectivity index (χ2v) is 5.70. The Morgan fingerprint density at radius 2 is 1.63 bits per heavy atom. The molecule has 0 unspecified atom stereocenters. The number of hydrogen-bond donors (Lipinski definition) is 0. The third kappa shape index (κ3) is 3.11. The fraction of sp³-hybridized carbons (Fsp3) is 0.375. The van der Waals surface area contributed by atoms with Crippen LogP contribution in [-0.2, 0) is 5.41 Å². The van der Waals surface area contributed by atoms with Crippen LogP contribution in [0.2, 0.25) is 0 Å². The quantitative estimate of drug-likeness (QED) is 0.820. The average Bonchev–Trinajstić information content (AvgIpc) is 2.37. The van der Waals surface area contributed by atoms with Crippen LogP contribution < -0.4 is 4.74 Å². The number of aromatic nitrogens is 2. The number of hydrogen-bond acceptors (Lipinski definition) is 3. The Hall–Kier alpha value is -1.90. The highest BCUT2D eigenvalue weighted by Gasteiger charge is 2.18. The summed E-state index contributed by atoms with van der Waals surface area (Å²) in [6.45, 7) is 8.38. The highest BCUT2D eigenvalue weighted by atomic mass is 16.5. The summed E-state index contributed by atoms with van der Waals surface area (Å²) in [6, 6.07) is 9.95. The molecular formula is C16H20N2O. The number of nitrogens with zero attached hydrogens (tertiary/aromatic N) is 2. The molecule has 0 N–H and O–H groups in total. The van der Waals surface area contributed by atoms with E-state index in [0.29, 0.717) is 0 Å². The maximum absolute atomic E-state index is 5.17. The molecule has 0 aliphatic carbocycles. The molecule has 0 bridgehead atoms. The van der Waals surface area contributed by atoms with Crippen LogP contribution in [0, 0.1) is 6.92 Å². The third-order valence-corrected chi connectivity index (χ3v) is 2.91. The molecule has 2 aromatic rings. The standard InChI is InChI=1S/C16H20N2O/c1-11-10-14(18-15(17-11)16(2,3)4)12-6-8-13(19-5)9-7-12/h6-10H,1-5H3. The molecule has 3 nitrogen and oxygen atoms in total. The first-order valence-corrected chi connectivity index (χ1v) is 6.41. The van der Waals surface area contributed by atoms with Crippen molar-refractivity contribution in [1.82, 2.24) is 9.97 Å². The van der Waals surface area contributed by atoms with Crippen LogP contribution in [0.3, 0.4) is 0 Å². The van der Waals surface area contributed by atoms with Gasteiger partial charge < -0.3 is 4.74 Å². The summed E-state index contributed by atoms with van der Waals surface area (Å²) in [6.07, 6.45) is 0. The zero-order valence-corrected chi connectivity index (χ0v) is 12.2. The van der Waals surface area contributed by atoms with E-state index >= 15 is 0 Å². The first-order chi connectivity index (χ1) is 8.90. The molecule has 0 amide bonds. The van der Waals surface area contributed by atoms with Crippen molar-refractivity contribution >= 4 is 0 Å². The summed E-state index contributed by atoms with van der Waals surface area (Å²) in [4.78, 5) is 9.21. The van der Waals surface area contributed by atoms with Gasteiger partial charge in [0.2, 0.25) is 0 Å². The Bertz CT molecular complexity index is 568. The molecule has 0 radical (unpaired) electrons. The molecule has 0 aliphatic heterocycles. The van der Waals surface area contributed by atoms with Crippen LogP contribution in [0.5, 0.6) is 5.75 Å². The van der Waals surface area contributed by atoms with Gasteiger partial charge in [-0.1, -0.05) is 20.8 Å². The van der Waals surface area contributed by atoms with E-state index in [1.54, 1.807) is 7.11 Å². The van der Waals surface area contributed by atoms with Gasteiger partial charge >= 0.3 is 0 Å². The van der Waals surface area contributed by atoms with E-state index in [0.717, 1.165) is 28.5 Å². The molecule has 2 rings (SSSR count). The summed E-state index contributed by atoms with van der Waals surface area (Å²) in [5, 5.41) is 0. The second-order valence-electron chi connectivity index (χ2n) is 5.70. The van der Waals surface area contributed by atoms with E-state index in [-0.39, 0.29) is 5.41 Å². The third-order valence-electron chi connectivity index (χ3n) is 2.91. The van der Waals surface area contributed by atoms with E-state index in [1.807, 2.05) is 37.3 Å². The van der Waals surface area contributed by atoms with E-state index in [9.17, 15) is 0 Å². The monoisotopic (exact) mass is 256 g/mol. The molecule has 0 spiro atoms. The number of aryl methyl sites for hydroxylation is 1. The van der Waals surface area contributed by atoms with Crippen molar-refractivity contribution in [2.75, 3.05) is 7.11 Å². The summed E-state index contributed by atoms with van der Waals surface area (Å²) >= 11 is 0. The van der Waals surface area contributed by atoms with Gasteiger partial charge in [0.15, 0.2) is 0 Å². The summed E-state index contributed by atoms with van der Waals surface area (Å²) in [5.74, 6) is 1.73. The van der Waals surface area contributed by atoms with Gasteiger partial charge in [0.1, 0.15) is 11.6 Å². The molecular weight excluding hydrogens is 236 g/mol. The number of rotatable bonds is 2. The van der Waals surface area contributed by atoms with Gasteiger partial charge in [-0.3, -0.25) is 0 Å². The molecule has 1 heterocycles. The highest BCUT2D eigenvalue weighted by Crippen LogP contribution is 2.25. The molecule has 3 heteroatoms. The minimum atomic E-state index is -0.0484. The molecule has 100 valence electrons. The lowest BCUT2D eigenvalue weighted by Crippen LogP contribution is -2.17. The Kier molecular flexibility index (Phi) is 3.56. The maximum Gasteiger partial charge on any atom is 0.134 e. The fourth-order valence-corrected chi connectivity index (χ4v) is 1.81. The van der Waals surface area contributed by atoms with Gasteiger partial charge in [-0.2, -0.15) is 0 Å². The van der Waals surface area contributed by atoms with Crippen LogP contribution >= 0.6 is 0 Å². The molecule has 1 aromatic carbocycles. The first-order valence-electron chi connectivity index (χ1n) is 6.41. The predicted molar refractivity (Wildman–Crippen MR) is 77.5 cm³/mol. The van der Waals surface area contributed by atoms with Crippen LogP contribution in [0.4, 0.5) is 0 Å². The topological polar surface area (TPSA) is 35.0 Å². The highest BCUT2D eigenvalue weighted by molar-refractivity contribution is 5.60. The number of ether oxygens (including phenoxy) is 1. The van der Waals surface area contributed by atoms with Crippen molar-refractivity contribution in [3.63, 3.8) is 0 Å². The second kappa shape index (κ2) is 5.00. The van der Waals surface area contributed by atoms with E-state index in [1.165, 1.54) is 0 Å². The van der Waals surface area contributed by atoms with E-state index in [2.05, 4.69) is 30.7 Å². The van der Waals surface area contributed by atoms with E-state index in [4.69, 9.17) is 4.74 Å². The van der Waals surface area contributed by atoms with E-state index < -0.39 is 0 Å². The minimum Gasteiger partial charge on any atom is -0.497 e. The molecule has 0 saturated carbocycles. The zero-order valence-electron chi connectivity index (χ0n) is 12.2. The van der Waals surface area contributed by atoms with Crippen molar-refractivity contribution < 1.29 is 4.74 Å². The van der Waals surface area contributed by atoms with Gasteiger partial charge in [0, 0.05) is 16.7 Å². The summed E-state index contributed by atoms with van der Waals surface area (Å²) in [7, 11) is 1.67. The van der Waals surface area contributed by atoms with Gasteiger partial charge in [0.05, 0.1) is 12.8 Å². The van der Waals surface area contributed by atoms with Crippen molar-refractivity contribution in [2.24, 2.45) is 0 Å². The lowest BCUT2D eigenvalue weighted by Gasteiger charge is -2.18. The van der Waals surface area contributed by atoms with Crippen molar-refractivity contribution in [3.8, 4) is 17.0 Å². The Labute approximate surface area is 114 Å². The Morgan fingerprint density at radius 1 is 1.00 bits per heavy atom. The van der Waals surface area contributed by atoms with Crippen LogP contribution in [0.15, 0.2) is 30.3 Å². The molecule has 0 fully saturated rings. The largest absolute Gasteiger partial charge is 0.497 e. The minimum absolute atomic E-state index is 0.0484. The zero-order chi connectivity index (χ0) is 14.0. The van der Waals surface area contributed by atoms with Gasteiger partial charge in [-0.25, -0.2) is 9.97 Å². The van der Waals surface area contributed by atoms with Crippen molar-refractivity contribution in [2.45, 2.75) is 33.1 Å². The summed E-state index contributed by atoms with van der Waals surface area (Å²) < 4.78 is 5.17. The number of benzene rings is 1. The molecule has 1 aromatic heterocycles. The van der Waals surface area contributed by atoms with Gasteiger partial charge in [-0.15, -0.1) is 0 Å². The first kappa shape index (κ1) is 13.5.